The number of ether oxygens (including phenoxy) is 2. The number of rotatable bonds is 6. The van der Waals surface area contributed by atoms with Gasteiger partial charge >= 0.3 is 0 Å². The highest BCUT2D eigenvalue weighted by molar-refractivity contribution is 7.13. The van der Waals surface area contributed by atoms with Crippen LogP contribution < -0.4 is 10.4 Å². The summed E-state index contributed by atoms with van der Waals surface area (Å²) in [5, 5.41) is 2.26. The van der Waals surface area contributed by atoms with Crippen molar-refractivity contribution < 1.29 is 9.47 Å². The summed E-state index contributed by atoms with van der Waals surface area (Å²) < 4.78 is 11.4. The monoisotopic (exact) mass is 520 g/mol. The van der Waals surface area contributed by atoms with Crippen LogP contribution in [0.1, 0.15) is 11.1 Å². The smallest absolute Gasteiger partial charge is 0.276 e. The van der Waals surface area contributed by atoms with Gasteiger partial charge in [0.2, 0.25) is 0 Å². The van der Waals surface area contributed by atoms with Crippen molar-refractivity contribution in [2.45, 2.75) is 0 Å². The fourth-order valence-electron chi connectivity index (χ4n) is 3.83. The van der Waals surface area contributed by atoms with E-state index in [-0.39, 0.29) is 13.2 Å². The van der Waals surface area contributed by atoms with Crippen LogP contribution in [0.25, 0.3) is 0 Å². The van der Waals surface area contributed by atoms with Gasteiger partial charge in [0, 0.05) is 11.1 Å². The third-order valence-electron chi connectivity index (χ3n) is 5.68. The predicted molar refractivity (Wildman–Crippen MR) is 162 cm³/mol. The van der Waals surface area contributed by atoms with E-state index in [1.54, 1.807) is 0 Å². The highest BCUT2D eigenvalue weighted by Gasteiger charge is 2.34. The lowest BCUT2D eigenvalue weighted by molar-refractivity contribution is 0.204. The lowest BCUT2D eigenvalue weighted by atomic mass is 10.2. The lowest BCUT2D eigenvalue weighted by Crippen LogP contribution is -2.57. The van der Waals surface area contributed by atoms with Crippen molar-refractivity contribution >= 4 is 18.4 Å². The Balaban J connectivity index is 1.49. The zero-order chi connectivity index (χ0) is 26.9. The minimum Gasteiger partial charge on any atom is -0.356 e. The largest absolute Gasteiger partial charge is 0.356 e. The summed E-state index contributed by atoms with van der Waals surface area (Å²) in [6, 6.07) is 40.4. The summed E-state index contributed by atoms with van der Waals surface area (Å²) in [6.45, 7) is 1.20. The Kier molecular flexibility index (Phi) is 10.8. The van der Waals surface area contributed by atoms with Gasteiger partial charge < -0.3 is 9.47 Å². The summed E-state index contributed by atoms with van der Waals surface area (Å²) in [6.07, 6.45) is 0. The van der Waals surface area contributed by atoms with E-state index in [1.807, 2.05) is 97.1 Å². The summed E-state index contributed by atoms with van der Waals surface area (Å²) in [7, 11) is -2.74. The number of benzene rings is 4. The molecule has 0 heterocycles. The van der Waals surface area contributed by atoms with E-state index in [0.717, 1.165) is 21.5 Å². The van der Waals surface area contributed by atoms with E-state index in [2.05, 4.69) is 70.9 Å². The fourth-order valence-corrected chi connectivity index (χ4v) is 6.86. The Morgan fingerprint density at radius 1 is 0.410 bits per heavy atom. The summed E-state index contributed by atoms with van der Waals surface area (Å²) >= 11 is 0. The first kappa shape index (κ1) is 27.3. The molecule has 0 N–H and O–H groups in total. The summed E-state index contributed by atoms with van der Waals surface area (Å²) in [5.74, 6) is 18.8. The standard InChI is InChI=1S/C36H28O2Si/c1-5-17-33(18-6-1)21-13-27-37-29-15-31-39(35-23-9-3-10-24-35,36-25-11-4-12-26-36)32-16-30-38-28-14-22-34-19-7-2-8-20-34/h1-12,17-20,23-26H,27-30H2. The Bertz CT molecular complexity index is 1430. The molecule has 4 aromatic carbocycles. The number of hydrogen-bond acceptors (Lipinski definition) is 2. The van der Waals surface area contributed by atoms with Crippen molar-refractivity contribution in [1.29, 1.82) is 0 Å². The topological polar surface area (TPSA) is 18.5 Å². The van der Waals surface area contributed by atoms with Gasteiger partial charge in [-0.15, -0.1) is 11.1 Å². The molecule has 39 heavy (non-hydrogen) atoms. The molecule has 0 aliphatic rings. The Morgan fingerprint density at radius 2 is 0.744 bits per heavy atom. The maximum absolute atomic E-state index is 5.72. The summed E-state index contributed by atoms with van der Waals surface area (Å²) in [5.41, 5.74) is 9.05. The Labute approximate surface area is 233 Å². The first-order chi connectivity index (χ1) is 19.4. The molecule has 0 radical (unpaired) electrons. The average molecular weight is 521 g/mol. The van der Waals surface area contributed by atoms with Crippen molar-refractivity contribution in [2.24, 2.45) is 0 Å². The predicted octanol–water partition coefficient (Wildman–Crippen LogP) is 4.47. The van der Waals surface area contributed by atoms with E-state index in [0.29, 0.717) is 13.2 Å². The van der Waals surface area contributed by atoms with Crippen LogP contribution in [0.2, 0.25) is 0 Å². The van der Waals surface area contributed by atoms with Crippen LogP contribution in [0.15, 0.2) is 121 Å². The molecule has 0 aliphatic carbocycles. The second-order valence-corrected chi connectivity index (χ2v) is 11.6. The fraction of sp³-hybridized carbons (Fsp3) is 0.111. The Hall–Kier alpha value is -4.74. The minimum atomic E-state index is -2.74. The highest BCUT2D eigenvalue weighted by Crippen LogP contribution is 2.05. The van der Waals surface area contributed by atoms with E-state index in [1.165, 1.54) is 0 Å². The second-order valence-electron chi connectivity index (χ2n) is 8.41. The molecule has 0 saturated heterocycles. The lowest BCUT2D eigenvalue weighted by Gasteiger charge is -2.21. The van der Waals surface area contributed by atoms with Crippen molar-refractivity contribution in [1.82, 2.24) is 0 Å². The Morgan fingerprint density at radius 3 is 1.13 bits per heavy atom. The third-order valence-corrected chi connectivity index (χ3v) is 9.18. The van der Waals surface area contributed by atoms with Crippen LogP contribution in [0, 0.1) is 46.6 Å². The molecule has 4 rings (SSSR count). The van der Waals surface area contributed by atoms with Crippen LogP contribution in [-0.2, 0) is 9.47 Å². The van der Waals surface area contributed by atoms with Gasteiger partial charge in [-0.1, -0.05) is 133 Å². The molecule has 0 bridgehead atoms. The van der Waals surface area contributed by atoms with Crippen LogP contribution in [-0.4, -0.2) is 34.5 Å². The molecule has 0 atom stereocenters. The van der Waals surface area contributed by atoms with Crippen molar-refractivity contribution in [3.05, 3.63) is 132 Å². The van der Waals surface area contributed by atoms with E-state index >= 15 is 0 Å². The molecule has 0 aromatic heterocycles. The molecular formula is C36H28O2Si. The van der Waals surface area contributed by atoms with E-state index in [9.17, 15) is 0 Å². The van der Waals surface area contributed by atoms with Crippen LogP contribution in [0.5, 0.6) is 0 Å². The van der Waals surface area contributed by atoms with Gasteiger partial charge in [0.1, 0.15) is 26.4 Å². The average Bonchev–Trinajstić information content (AvgIpc) is 3.01. The molecule has 2 nitrogen and oxygen atoms in total. The SMILES string of the molecule is C(#Cc1ccccc1)COCC#C[Si](C#CCOCC#Cc1ccccc1)(c1ccccc1)c1ccccc1. The molecule has 0 spiro atoms. The number of hydrogen-bond donors (Lipinski definition) is 0. The van der Waals surface area contributed by atoms with Crippen LogP contribution in [0.3, 0.4) is 0 Å². The van der Waals surface area contributed by atoms with Crippen molar-refractivity contribution in [3.63, 3.8) is 0 Å². The van der Waals surface area contributed by atoms with Gasteiger partial charge in [-0.3, -0.25) is 0 Å². The maximum Gasteiger partial charge on any atom is 0.276 e. The van der Waals surface area contributed by atoms with E-state index < -0.39 is 8.07 Å². The second kappa shape index (κ2) is 15.5. The molecule has 0 saturated carbocycles. The zero-order valence-corrected chi connectivity index (χ0v) is 22.7. The first-order valence-electron chi connectivity index (χ1n) is 12.7. The maximum atomic E-state index is 5.72. The van der Waals surface area contributed by atoms with Crippen molar-refractivity contribution in [3.8, 4) is 46.6 Å². The van der Waals surface area contributed by atoms with Gasteiger partial charge in [0.25, 0.3) is 8.07 Å². The molecule has 0 fully saturated rings. The molecule has 4 aromatic rings. The van der Waals surface area contributed by atoms with E-state index in [4.69, 9.17) is 9.47 Å². The molecular weight excluding hydrogens is 492 g/mol. The minimum absolute atomic E-state index is 0.283. The van der Waals surface area contributed by atoms with Crippen LogP contribution >= 0.6 is 0 Å². The molecule has 3 heteroatoms. The van der Waals surface area contributed by atoms with Gasteiger partial charge in [-0.25, -0.2) is 0 Å². The molecule has 188 valence electrons. The van der Waals surface area contributed by atoms with Gasteiger partial charge in [0.05, 0.1) is 0 Å². The molecule has 0 aliphatic heterocycles. The highest BCUT2D eigenvalue weighted by atomic mass is 28.3. The summed E-state index contributed by atoms with van der Waals surface area (Å²) in [4.78, 5) is 0. The van der Waals surface area contributed by atoms with Crippen LogP contribution in [0.4, 0.5) is 0 Å². The molecule has 0 unspecified atom stereocenters. The molecule has 0 amide bonds. The third kappa shape index (κ3) is 8.66. The quantitative estimate of drug-likeness (QED) is 0.212. The normalized spacial score (nSPS) is 9.85. The van der Waals surface area contributed by atoms with Gasteiger partial charge in [0.15, 0.2) is 0 Å². The van der Waals surface area contributed by atoms with Crippen molar-refractivity contribution in [2.75, 3.05) is 26.4 Å². The van der Waals surface area contributed by atoms with Gasteiger partial charge in [-0.2, -0.15) is 0 Å². The zero-order valence-electron chi connectivity index (χ0n) is 21.7. The first-order valence-corrected chi connectivity index (χ1v) is 14.7. The van der Waals surface area contributed by atoms with Gasteiger partial charge in [-0.05, 0) is 34.6 Å².